The summed E-state index contributed by atoms with van der Waals surface area (Å²) in [6, 6.07) is 14.8. The lowest BCUT2D eigenvalue weighted by atomic mass is 10.1. The highest BCUT2D eigenvalue weighted by atomic mass is 19.1. The average Bonchev–Trinajstić information content (AvgIpc) is 2.60. The van der Waals surface area contributed by atoms with Crippen LogP contribution in [0.4, 0.5) is 4.39 Å². The first-order valence-electron chi connectivity index (χ1n) is 7.32. The van der Waals surface area contributed by atoms with Crippen LogP contribution in [0, 0.1) is 28.5 Å². The minimum atomic E-state index is -0.296. The van der Waals surface area contributed by atoms with Gasteiger partial charge in [0.2, 0.25) is 0 Å². The van der Waals surface area contributed by atoms with E-state index in [0.717, 1.165) is 5.56 Å². The Bertz CT molecular complexity index is 799. The van der Waals surface area contributed by atoms with Gasteiger partial charge >= 0.3 is 0 Å². The van der Waals surface area contributed by atoms with Gasteiger partial charge in [-0.2, -0.15) is 10.5 Å². The molecule has 5 heteroatoms. The summed E-state index contributed by atoms with van der Waals surface area (Å²) in [5, 5.41) is 17.6. The van der Waals surface area contributed by atoms with Crippen molar-refractivity contribution in [1.82, 2.24) is 0 Å². The molecule has 24 heavy (non-hydrogen) atoms. The lowest BCUT2D eigenvalue weighted by Gasteiger charge is -2.12. The second-order valence-corrected chi connectivity index (χ2v) is 4.84. The molecular formula is C19H15FN2O2. The summed E-state index contributed by atoms with van der Waals surface area (Å²) in [6.45, 7) is 2.57. The molecule has 2 rings (SSSR count). The molecule has 0 aliphatic carbocycles. The summed E-state index contributed by atoms with van der Waals surface area (Å²) in [4.78, 5) is 0. The van der Waals surface area contributed by atoms with Gasteiger partial charge in [-0.1, -0.05) is 18.2 Å². The van der Waals surface area contributed by atoms with E-state index in [1.807, 2.05) is 19.1 Å². The molecule has 0 fully saturated rings. The first-order chi connectivity index (χ1) is 11.7. The van der Waals surface area contributed by atoms with Gasteiger partial charge in [-0.15, -0.1) is 0 Å². The third-order valence-corrected chi connectivity index (χ3v) is 3.13. The molecule has 2 aromatic rings. The highest BCUT2D eigenvalue weighted by molar-refractivity contribution is 5.64. The summed E-state index contributed by atoms with van der Waals surface area (Å²) in [5.41, 5.74) is 1.52. The zero-order valence-corrected chi connectivity index (χ0v) is 13.1. The molecule has 120 valence electrons. The molecule has 0 amide bonds. The Labute approximate surface area is 140 Å². The monoisotopic (exact) mass is 322 g/mol. The van der Waals surface area contributed by atoms with E-state index in [1.165, 1.54) is 18.2 Å². The van der Waals surface area contributed by atoms with Crippen LogP contribution in [0.25, 0.3) is 6.08 Å². The summed E-state index contributed by atoms with van der Waals surface area (Å²) in [7, 11) is 0. The van der Waals surface area contributed by atoms with E-state index < -0.39 is 0 Å². The van der Waals surface area contributed by atoms with Gasteiger partial charge < -0.3 is 9.47 Å². The second kappa shape index (κ2) is 8.36. The van der Waals surface area contributed by atoms with Gasteiger partial charge in [0.25, 0.3) is 0 Å². The normalized spacial score (nSPS) is 9.50. The maximum Gasteiger partial charge on any atom is 0.161 e. The Kier molecular flexibility index (Phi) is 5.94. The third-order valence-electron chi connectivity index (χ3n) is 3.13. The molecule has 0 heterocycles. The largest absolute Gasteiger partial charge is 0.490 e. The number of nitrogens with zero attached hydrogens (tertiary/aromatic N) is 2. The summed E-state index contributed by atoms with van der Waals surface area (Å²) >= 11 is 0. The van der Waals surface area contributed by atoms with E-state index in [0.29, 0.717) is 23.7 Å². The van der Waals surface area contributed by atoms with Crippen molar-refractivity contribution in [2.45, 2.75) is 13.5 Å². The van der Waals surface area contributed by atoms with Crippen molar-refractivity contribution >= 4 is 6.08 Å². The van der Waals surface area contributed by atoms with Crippen molar-refractivity contribution in [2.24, 2.45) is 0 Å². The molecule has 0 N–H and O–H groups in total. The maximum atomic E-state index is 12.9. The summed E-state index contributed by atoms with van der Waals surface area (Å²) in [6.07, 6.45) is 1.48. The minimum Gasteiger partial charge on any atom is -0.490 e. The van der Waals surface area contributed by atoms with Crippen molar-refractivity contribution in [3.63, 3.8) is 0 Å². The SMILES string of the molecule is CCOc1cc(C=C(C#N)C#N)ccc1OCc1ccc(F)cc1. The fourth-order valence-corrected chi connectivity index (χ4v) is 2.00. The lowest BCUT2D eigenvalue weighted by molar-refractivity contribution is 0.269. The Morgan fingerprint density at radius 2 is 1.75 bits per heavy atom. The molecule has 0 spiro atoms. The number of benzene rings is 2. The number of hydrogen-bond acceptors (Lipinski definition) is 4. The van der Waals surface area contributed by atoms with E-state index >= 15 is 0 Å². The van der Waals surface area contributed by atoms with Crippen LogP contribution in [0.15, 0.2) is 48.0 Å². The topological polar surface area (TPSA) is 66.0 Å². The summed E-state index contributed by atoms with van der Waals surface area (Å²) in [5.74, 6) is 0.757. The Hall–Kier alpha value is -3.31. The number of halogens is 1. The highest BCUT2D eigenvalue weighted by Crippen LogP contribution is 2.30. The number of hydrogen-bond donors (Lipinski definition) is 0. The van der Waals surface area contributed by atoms with Crippen molar-refractivity contribution in [2.75, 3.05) is 6.61 Å². The molecule has 0 saturated heterocycles. The van der Waals surface area contributed by atoms with E-state index in [1.54, 1.807) is 30.3 Å². The van der Waals surface area contributed by atoms with Crippen LogP contribution in [-0.2, 0) is 6.61 Å². The van der Waals surface area contributed by atoms with Crippen LogP contribution < -0.4 is 9.47 Å². The summed E-state index contributed by atoms with van der Waals surface area (Å²) < 4.78 is 24.2. The van der Waals surface area contributed by atoms with Crippen LogP contribution in [0.3, 0.4) is 0 Å². The molecule has 0 unspecified atom stereocenters. The quantitative estimate of drug-likeness (QED) is 0.746. The van der Waals surface area contributed by atoms with Gasteiger partial charge in [0.05, 0.1) is 6.61 Å². The number of nitriles is 2. The number of allylic oxidation sites excluding steroid dienone is 1. The van der Waals surface area contributed by atoms with Gasteiger partial charge in [-0.3, -0.25) is 0 Å². The van der Waals surface area contributed by atoms with Gasteiger partial charge in [0.15, 0.2) is 11.5 Å². The van der Waals surface area contributed by atoms with Crippen LogP contribution in [0.2, 0.25) is 0 Å². The third kappa shape index (κ3) is 4.59. The van der Waals surface area contributed by atoms with E-state index in [9.17, 15) is 4.39 Å². The van der Waals surface area contributed by atoms with Crippen molar-refractivity contribution < 1.29 is 13.9 Å². The zero-order chi connectivity index (χ0) is 17.4. The van der Waals surface area contributed by atoms with Crippen LogP contribution in [-0.4, -0.2) is 6.61 Å². The van der Waals surface area contributed by atoms with Gasteiger partial charge in [-0.05, 0) is 48.4 Å². The van der Waals surface area contributed by atoms with Crippen LogP contribution >= 0.6 is 0 Å². The highest BCUT2D eigenvalue weighted by Gasteiger charge is 2.07. The predicted molar refractivity (Wildman–Crippen MR) is 87.5 cm³/mol. The molecule has 2 aromatic carbocycles. The first kappa shape index (κ1) is 17.1. The number of ether oxygens (including phenoxy) is 2. The van der Waals surface area contributed by atoms with Gasteiger partial charge in [0.1, 0.15) is 30.1 Å². The molecular weight excluding hydrogens is 307 g/mol. The molecule has 0 aliphatic rings. The number of rotatable bonds is 6. The Morgan fingerprint density at radius 3 is 2.38 bits per heavy atom. The Balaban J connectivity index is 2.20. The zero-order valence-electron chi connectivity index (χ0n) is 13.1. The van der Waals surface area contributed by atoms with Crippen LogP contribution in [0.1, 0.15) is 18.1 Å². The molecule has 0 aromatic heterocycles. The van der Waals surface area contributed by atoms with Gasteiger partial charge in [-0.25, -0.2) is 4.39 Å². The van der Waals surface area contributed by atoms with E-state index in [-0.39, 0.29) is 18.0 Å². The van der Waals surface area contributed by atoms with Crippen molar-refractivity contribution in [3.05, 3.63) is 65.0 Å². The maximum absolute atomic E-state index is 12.9. The fourth-order valence-electron chi connectivity index (χ4n) is 2.00. The lowest BCUT2D eigenvalue weighted by Crippen LogP contribution is -2.00. The minimum absolute atomic E-state index is 0.0115. The smallest absolute Gasteiger partial charge is 0.161 e. The first-order valence-corrected chi connectivity index (χ1v) is 7.32. The van der Waals surface area contributed by atoms with E-state index in [2.05, 4.69) is 0 Å². The van der Waals surface area contributed by atoms with Crippen LogP contribution in [0.5, 0.6) is 11.5 Å². The fraction of sp³-hybridized carbons (Fsp3) is 0.158. The van der Waals surface area contributed by atoms with Crippen molar-refractivity contribution in [3.8, 4) is 23.6 Å². The molecule has 0 radical (unpaired) electrons. The molecule has 0 saturated carbocycles. The molecule has 0 bridgehead atoms. The molecule has 0 atom stereocenters. The average molecular weight is 322 g/mol. The predicted octanol–water partition coefficient (Wildman–Crippen LogP) is 4.23. The second-order valence-electron chi connectivity index (χ2n) is 4.84. The Morgan fingerprint density at radius 1 is 1.04 bits per heavy atom. The van der Waals surface area contributed by atoms with Crippen molar-refractivity contribution in [1.29, 1.82) is 10.5 Å². The molecule has 0 aliphatic heterocycles. The standard InChI is InChI=1S/C19H15FN2O2/c1-2-23-19-10-15(9-16(11-21)12-22)5-8-18(19)24-13-14-3-6-17(20)7-4-14/h3-10H,2,13H2,1H3. The molecule has 4 nitrogen and oxygen atoms in total. The van der Waals surface area contributed by atoms with E-state index in [4.69, 9.17) is 20.0 Å². The van der Waals surface area contributed by atoms with Gasteiger partial charge in [0, 0.05) is 0 Å².